The molecule has 194 valence electrons. The van der Waals surface area contributed by atoms with Crippen molar-refractivity contribution in [3.8, 4) is 0 Å². The highest BCUT2D eigenvalue weighted by Crippen LogP contribution is 2.20. The predicted octanol–water partition coefficient (Wildman–Crippen LogP) is 1.95. The molecular formula is C26H35N5O5. The van der Waals surface area contributed by atoms with E-state index in [0.29, 0.717) is 17.7 Å². The van der Waals surface area contributed by atoms with E-state index >= 15 is 0 Å². The second-order valence-corrected chi connectivity index (χ2v) is 9.03. The van der Waals surface area contributed by atoms with Crippen LogP contribution in [0.3, 0.4) is 0 Å². The smallest absolute Gasteiger partial charge is 0.312 e. The molecule has 10 nitrogen and oxygen atoms in total. The summed E-state index contributed by atoms with van der Waals surface area (Å²) in [7, 11) is 0. The van der Waals surface area contributed by atoms with Crippen LogP contribution in [0.4, 0.5) is 10.5 Å². The third-order valence-corrected chi connectivity index (χ3v) is 5.78. The highest BCUT2D eigenvalue weighted by molar-refractivity contribution is 6.06. The second-order valence-electron chi connectivity index (χ2n) is 9.03. The molecule has 36 heavy (non-hydrogen) atoms. The van der Waals surface area contributed by atoms with E-state index in [1.54, 1.807) is 24.3 Å². The number of urea groups is 1. The van der Waals surface area contributed by atoms with Crippen LogP contribution in [0.1, 0.15) is 50.8 Å². The molecule has 0 aromatic heterocycles. The van der Waals surface area contributed by atoms with Crippen molar-refractivity contribution in [2.45, 2.75) is 52.3 Å². The van der Waals surface area contributed by atoms with Gasteiger partial charge in [0.2, 0.25) is 17.7 Å². The zero-order valence-corrected chi connectivity index (χ0v) is 20.8. The monoisotopic (exact) mass is 497 g/mol. The van der Waals surface area contributed by atoms with Crippen molar-refractivity contribution < 1.29 is 24.3 Å². The van der Waals surface area contributed by atoms with Gasteiger partial charge in [0.15, 0.2) is 0 Å². The quantitative estimate of drug-likeness (QED) is 0.195. The van der Waals surface area contributed by atoms with Crippen LogP contribution < -0.4 is 27.0 Å². The minimum absolute atomic E-state index is 0.125. The van der Waals surface area contributed by atoms with Gasteiger partial charge in [0.1, 0.15) is 11.5 Å². The standard InChI is InChI=1S/C26H35N5O5/c1-17(19-8-5-4-6-9-19)29-23(34)26(2,3)24(35)31-21(10-7-15-28-25(27)36)22(33)30-20-13-11-18(16-32)12-14-20/h4-6,8-9,11-14,17,21,32H,7,10,15-16H2,1-3H3,(H,29,34)(H,30,33)(H,31,35)(H3,27,28,36). The molecule has 0 radical (unpaired) electrons. The van der Waals surface area contributed by atoms with E-state index in [-0.39, 0.29) is 25.6 Å². The van der Waals surface area contributed by atoms with E-state index in [1.165, 1.54) is 13.8 Å². The van der Waals surface area contributed by atoms with Gasteiger partial charge in [-0.1, -0.05) is 42.5 Å². The summed E-state index contributed by atoms with van der Waals surface area (Å²) < 4.78 is 0. The van der Waals surface area contributed by atoms with Crippen molar-refractivity contribution in [3.63, 3.8) is 0 Å². The Morgan fingerprint density at radius 1 is 0.944 bits per heavy atom. The Morgan fingerprint density at radius 3 is 2.14 bits per heavy atom. The second kappa shape index (κ2) is 13.2. The molecule has 2 aromatic carbocycles. The maximum atomic E-state index is 13.1. The molecule has 0 aliphatic carbocycles. The van der Waals surface area contributed by atoms with E-state index in [2.05, 4.69) is 21.3 Å². The van der Waals surface area contributed by atoms with Gasteiger partial charge in [-0.2, -0.15) is 0 Å². The summed E-state index contributed by atoms with van der Waals surface area (Å²) in [6, 6.07) is 14.0. The van der Waals surface area contributed by atoms with Crippen LogP contribution in [-0.2, 0) is 21.0 Å². The van der Waals surface area contributed by atoms with Crippen molar-refractivity contribution >= 4 is 29.4 Å². The van der Waals surface area contributed by atoms with E-state index in [1.807, 2.05) is 37.3 Å². The summed E-state index contributed by atoms with van der Waals surface area (Å²) in [4.78, 5) is 50.1. The van der Waals surface area contributed by atoms with Gasteiger partial charge in [0.05, 0.1) is 12.6 Å². The molecule has 5 amide bonds. The van der Waals surface area contributed by atoms with Crippen molar-refractivity contribution in [1.29, 1.82) is 0 Å². The molecule has 0 saturated carbocycles. The van der Waals surface area contributed by atoms with Gasteiger partial charge >= 0.3 is 6.03 Å². The third-order valence-electron chi connectivity index (χ3n) is 5.78. The Bertz CT molecular complexity index is 1040. The third kappa shape index (κ3) is 8.38. The van der Waals surface area contributed by atoms with Crippen molar-refractivity contribution in [2.24, 2.45) is 11.1 Å². The number of amides is 5. The lowest BCUT2D eigenvalue weighted by Crippen LogP contribution is -2.53. The number of nitrogens with two attached hydrogens (primary N) is 1. The summed E-state index contributed by atoms with van der Waals surface area (Å²) in [6.07, 6.45) is 0.563. The zero-order chi connectivity index (χ0) is 26.7. The van der Waals surface area contributed by atoms with E-state index in [0.717, 1.165) is 5.56 Å². The largest absolute Gasteiger partial charge is 0.392 e. The summed E-state index contributed by atoms with van der Waals surface area (Å²) in [6.45, 7) is 4.91. The molecule has 0 bridgehead atoms. The first-order valence-electron chi connectivity index (χ1n) is 11.8. The van der Waals surface area contributed by atoms with Crippen LogP contribution in [0.2, 0.25) is 0 Å². The Morgan fingerprint density at radius 2 is 1.56 bits per heavy atom. The Balaban J connectivity index is 2.09. The van der Waals surface area contributed by atoms with Crippen LogP contribution >= 0.6 is 0 Å². The molecule has 2 unspecified atom stereocenters. The molecule has 0 spiro atoms. The molecule has 0 aliphatic rings. The zero-order valence-electron chi connectivity index (χ0n) is 20.8. The number of rotatable bonds is 12. The first-order valence-corrected chi connectivity index (χ1v) is 11.8. The first-order chi connectivity index (χ1) is 17.0. The SMILES string of the molecule is CC(NC(=O)C(C)(C)C(=O)NC(CCCNC(N)=O)C(=O)Nc1ccc(CO)cc1)c1ccccc1. The fourth-order valence-corrected chi connectivity index (χ4v) is 3.35. The fraction of sp³-hybridized carbons (Fsp3) is 0.385. The first kappa shape index (κ1) is 28.3. The maximum absolute atomic E-state index is 13.1. The normalized spacial score (nSPS) is 12.7. The van der Waals surface area contributed by atoms with Gasteiger partial charge in [-0.05, 0) is 56.9 Å². The lowest BCUT2D eigenvalue weighted by Gasteiger charge is -2.28. The van der Waals surface area contributed by atoms with Gasteiger partial charge < -0.3 is 32.1 Å². The highest BCUT2D eigenvalue weighted by atomic mass is 16.3. The van der Waals surface area contributed by atoms with Crippen LogP contribution in [0.15, 0.2) is 54.6 Å². The molecule has 2 atom stereocenters. The molecular weight excluding hydrogens is 462 g/mol. The number of hydrogen-bond acceptors (Lipinski definition) is 5. The van der Waals surface area contributed by atoms with Gasteiger partial charge in [0, 0.05) is 12.2 Å². The van der Waals surface area contributed by atoms with E-state index < -0.39 is 35.2 Å². The Kier molecular flexibility index (Phi) is 10.4. The van der Waals surface area contributed by atoms with Crippen LogP contribution in [0.5, 0.6) is 0 Å². The number of primary amides is 1. The minimum atomic E-state index is -1.46. The van der Waals surface area contributed by atoms with Crippen molar-refractivity contribution in [2.75, 3.05) is 11.9 Å². The fourth-order valence-electron chi connectivity index (χ4n) is 3.35. The van der Waals surface area contributed by atoms with Gasteiger partial charge in [-0.25, -0.2) is 4.79 Å². The molecule has 0 saturated heterocycles. The Labute approximate surface area is 211 Å². The highest BCUT2D eigenvalue weighted by Gasteiger charge is 2.38. The van der Waals surface area contributed by atoms with Gasteiger partial charge in [-0.3, -0.25) is 14.4 Å². The maximum Gasteiger partial charge on any atom is 0.312 e. The molecule has 2 aromatic rings. The van der Waals surface area contributed by atoms with Crippen LogP contribution in [-0.4, -0.2) is 41.4 Å². The molecule has 0 fully saturated rings. The number of carbonyl (C=O) groups is 4. The van der Waals surface area contributed by atoms with Crippen LogP contribution in [0, 0.1) is 5.41 Å². The summed E-state index contributed by atoms with van der Waals surface area (Å²) >= 11 is 0. The number of anilines is 1. The molecule has 0 heterocycles. The van der Waals surface area contributed by atoms with E-state index in [4.69, 9.17) is 5.73 Å². The average molecular weight is 498 g/mol. The number of carbonyl (C=O) groups excluding carboxylic acids is 4. The Hall–Kier alpha value is -3.92. The summed E-state index contributed by atoms with van der Waals surface area (Å²) in [5.41, 5.74) is 5.70. The van der Waals surface area contributed by atoms with Crippen molar-refractivity contribution in [3.05, 3.63) is 65.7 Å². The number of hydrogen-bond donors (Lipinski definition) is 6. The molecule has 0 aliphatic heterocycles. The van der Waals surface area contributed by atoms with E-state index in [9.17, 15) is 24.3 Å². The van der Waals surface area contributed by atoms with Crippen molar-refractivity contribution in [1.82, 2.24) is 16.0 Å². The average Bonchev–Trinajstić information content (AvgIpc) is 2.86. The molecule has 10 heteroatoms. The minimum Gasteiger partial charge on any atom is -0.392 e. The summed E-state index contributed by atoms with van der Waals surface area (Å²) in [5.74, 6) is -1.57. The number of benzene rings is 2. The predicted molar refractivity (Wildman–Crippen MR) is 137 cm³/mol. The molecule has 2 rings (SSSR count). The van der Waals surface area contributed by atoms with Crippen LogP contribution in [0.25, 0.3) is 0 Å². The number of aliphatic hydroxyl groups excluding tert-OH is 1. The van der Waals surface area contributed by atoms with Gasteiger partial charge in [-0.15, -0.1) is 0 Å². The van der Waals surface area contributed by atoms with Gasteiger partial charge in [0.25, 0.3) is 0 Å². The number of nitrogens with one attached hydrogen (secondary N) is 4. The summed E-state index contributed by atoms with van der Waals surface area (Å²) in [5, 5.41) is 19.9. The lowest BCUT2D eigenvalue weighted by atomic mass is 9.89. The molecule has 7 N–H and O–H groups in total. The lowest BCUT2D eigenvalue weighted by molar-refractivity contribution is -0.143. The number of aliphatic hydroxyl groups is 1. The topological polar surface area (TPSA) is 163 Å².